The molecule has 0 spiro atoms. The number of hydrogen-bond donors (Lipinski definition) is 1. The fourth-order valence-corrected chi connectivity index (χ4v) is 5.96. The van der Waals surface area contributed by atoms with Gasteiger partial charge in [0.1, 0.15) is 0 Å². The molecule has 2 heterocycles. The summed E-state index contributed by atoms with van der Waals surface area (Å²) in [6.45, 7) is 9.89. The van der Waals surface area contributed by atoms with E-state index in [2.05, 4.69) is 15.5 Å². The van der Waals surface area contributed by atoms with Gasteiger partial charge in [0.15, 0.2) is 11.5 Å². The van der Waals surface area contributed by atoms with Crippen LogP contribution in [0.1, 0.15) is 50.9 Å². The number of ether oxygens (including phenoxy) is 3. The zero-order valence-electron chi connectivity index (χ0n) is 22.6. The third kappa shape index (κ3) is 6.51. The van der Waals surface area contributed by atoms with Crippen molar-refractivity contribution in [1.29, 1.82) is 0 Å². The molecule has 1 atom stereocenters. The molecule has 11 nitrogen and oxygen atoms in total. The summed E-state index contributed by atoms with van der Waals surface area (Å²) in [6, 6.07) is 9.10. The average Bonchev–Trinajstić information content (AvgIpc) is 3.39. The van der Waals surface area contributed by atoms with Crippen LogP contribution >= 0.6 is 0 Å². The van der Waals surface area contributed by atoms with Gasteiger partial charge in [-0.15, -0.1) is 5.10 Å². The van der Waals surface area contributed by atoms with Crippen molar-refractivity contribution < 1.29 is 31.8 Å². The third-order valence-corrected chi connectivity index (χ3v) is 8.05. The average molecular weight is 559 g/mol. The second-order valence-corrected chi connectivity index (χ2v) is 11.0. The van der Waals surface area contributed by atoms with E-state index in [1.54, 1.807) is 12.1 Å². The van der Waals surface area contributed by atoms with Gasteiger partial charge in [-0.1, -0.05) is 12.0 Å². The third-order valence-electron chi connectivity index (χ3n) is 6.18. The van der Waals surface area contributed by atoms with E-state index in [4.69, 9.17) is 18.6 Å². The van der Waals surface area contributed by atoms with Gasteiger partial charge in [0.05, 0.1) is 24.7 Å². The first kappa shape index (κ1) is 28.4. The lowest BCUT2D eigenvalue weighted by atomic mass is 10.0. The van der Waals surface area contributed by atoms with Gasteiger partial charge in [-0.3, -0.25) is 10.1 Å². The molecule has 1 amide bonds. The Hall–Kier alpha value is -3.64. The number of nitrogens with one attached hydrogen (secondary N) is 1. The lowest BCUT2D eigenvalue weighted by Gasteiger charge is -2.30. The molecule has 1 aliphatic heterocycles. The quantitative estimate of drug-likeness (QED) is 0.358. The number of carbonyl (C=O) groups excluding carboxylic acids is 1. The Morgan fingerprint density at radius 3 is 2.26 bits per heavy atom. The molecule has 1 fully saturated rings. The molecule has 0 unspecified atom stereocenters. The molecular formula is C27H34N4O7S. The highest BCUT2D eigenvalue weighted by Crippen LogP contribution is 2.42. The number of piperidine rings is 1. The molecule has 0 aliphatic carbocycles. The lowest BCUT2D eigenvalue weighted by Crippen LogP contribution is -2.39. The standard InChI is InChI=1S/C27H34N4O7S/c1-5-35-22-15-20(16-23(36-6-2)24(22)37-7-3)26-29-30-27(38-26)28-25(32)19-10-12-21(13-11-19)39(33,34)31-14-8-9-18(4)17-31/h10-13,15-16,18H,5-9,14,17H2,1-4H3,(H,28,30,32)/t18-/m0/s1. The summed E-state index contributed by atoms with van der Waals surface area (Å²) in [4.78, 5) is 13.0. The molecule has 0 radical (unpaired) electrons. The van der Waals surface area contributed by atoms with Crippen LogP contribution in [0.5, 0.6) is 17.2 Å². The van der Waals surface area contributed by atoms with E-state index in [1.807, 2.05) is 27.7 Å². The van der Waals surface area contributed by atoms with Crippen LogP contribution in [0.2, 0.25) is 0 Å². The highest BCUT2D eigenvalue weighted by molar-refractivity contribution is 7.89. The molecule has 0 bridgehead atoms. The molecule has 1 saturated heterocycles. The Bertz CT molecular complexity index is 1360. The van der Waals surface area contributed by atoms with Crippen molar-refractivity contribution in [3.05, 3.63) is 42.0 Å². The van der Waals surface area contributed by atoms with Crippen molar-refractivity contribution in [3.63, 3.8) is 0 Å². The number of anilines is 1. The van der Waals surface area contributed by atoms with E-state index < -0.39 is 15.9 Å². The molecular weight excluding hydrogens is 524 g/mol. The zero-order valence-corrected chi connectivity index (χ0v) is 23.4. The highest BCUT2D eigenvalue weighted by atomic mass is 32.2. The van der Waals surface area contributed by atoms with Crippen LogP contribution in [0, 0.1) is 5.92 Å². The molecule has 3 aromatic rings. The summed E-state index contributed by atoms with van der Waals surface area (Å²) in [5.74, 6) is 1.37. The van der Waals surface area contributed by atoms with E-state index in [0.29, 0.717) is 61.6 Å². The number of aromatic nitrogens is 2. The monoisotopic (exact) mass is 558 g/mol. The molecule has 0 saturated carbocycles. The maximum Gasteiger partial charge on any atom is 0.322 e. The Balaban J connectivity index is 1.50. The summed E-state index contributed by atoms with van der Waals surface area (Å²) >= 11 is 0. The van der Waals surface area contributed by atoms with Gasteiger partial charge in [0.2, 0.25) is 21.7 Å². The number of amides is 1. The van der Waals surface area contributed by atoms with Crippen molar-refractivity contribution in [2.45, 2.75) is 45.4 Å². The first-order chi connectivity index (χ1) is 18.8. The first-order valence-corrected chi connectivity index (χ1v) is 14.5. The second kappa shape index (κ2) is 12.5. The van der Waals surface area contributed by atoms with Gasteiger partial charge in [-0.2, -0.15) is 4.31 Å². The summed E-state index contributed by atoms with van der Waals surface area (Å²) in [5, 5.41) is 10.5. The van der Waals surface area contributed by atoms with E-state index in [-0.39, 0.29) is 22.4 Å². The molecule has 2 aromatic carbocycles. The van der Waals surface area contributed by atoms with Crippen LogP contribution in [-0.4, -0.2) is 61.7 Å². The molecule has 1 N–H and O–H groups in total. The molecule has 1 aromatic heterocycles. The predicted molar refractivity (Wildman–Crippen MR) is 145 cm³/mol. The van der Waals surface area contributed by atoms with E-state index >= 15 is 0 Å². The summed E-state index contributed by atoms with van der Waals surface area (Å²) in [6.07, 6.45) is 1.85. The van der Waals surface area contributed by atoms with E-state index in [9.17, 15) is 13.2 Å². The molecule has 1 aliphatic rings. The fourth-order valence-electron chi connectivity index (χ4n) is 4.36. The van der Waals surface area contributed by atoms with Crippen LogP contribution in [0.3, 0.4) is 0 Å². The van der Waals surface area contributed by atoms with Gasteiger partial charge < -0.3 is 18.6 Å². The van der Waals surface area contributed by atoms with Crippen LogP contribution in [0.15, 0.2) is 45.7 Å². The minimum absolute atomic E-state index is 0.112. The largest absolute Gasteiger partial charge is 0.490 e. The Morgan fingerprint density at radius 2 is 1.67 bits per heavy atom. The van der Waals surface area contributed by atoms with Crippen molar-refractivity contribution >= 4 is 21.9 Å². The normalized spacial score (nSPS) is 16.1. The van der Waals surface area contributed by atoms with E-state index in [0.717, 1.165) is 12.8 Å². The van der Waals surface area contributed by atoms with Gasteiger partial charge in [-0.05, 0) is 75.9 Å². The number of carbonyl (C=O) groups is 1. The van der Waals surface area contributed by atoms with Gasteiger partial charge >= 0.3 is 6.01 Å². The smallest absolute Gasteiger partial charge is 0.322 e. The Morgan fingerprint density at radius 1 is 1.03 bits per heavy atom. The number of nitrogens with zero attached hydrogens (tertiary/aromatic N) is 3. The van der Waals surface area contributed by atoms with Gasteiger partial charge in [0, 0.05) is 24.2 Å². The van der Waals surface area contributed by atoms with Gasteiger partial charge in [0.25, 0.3) is 5.91 Å². The van der Waals surface area contributed by atoms with E-state index in [1.165, 1.54) is 28.6 Å². The van der Waals surface area contributed by atoms with Crippen LogP contribution < -0.4 is 19.5 Å². The summed E-state index contributed by atoms with van der Waals surface area (Å²) in [7, 11) is -3.61. The molecule has 39 heavy (non-hydrogen) atoms. The number of benzene rings is 2. The van der Waals surface area contributed by atoms with Crippen molar-refractivity contribution in [2.75, 3.05) is 38.2 Å². The SMILES string of the molecule is CCOc1cc(-c2nnc(NC(=O)c3ccc(S(=O)(=O)N4CCC[C@H](C)C4)cc3)o2)cc(OCC)c1OCC. The summed E-state index contributed by atoms with van der Waals surface area (Å²) in [5.41, 5.74) is 0.777. The lowest BCUT2D eigenvalue weighted by molar-refractivity contribution is 0.102. The maximum absolute atomic E-state index is 13.0. The minimum atomic E-state index is -3.61. The van der Waals surface area contributed by atoms with Crippen molar-refractivity contribution in [2.24, 2.45) is 5.92 Å². The van der Waals surface area contributed by atoms with Crippen LogP contribution in [0.4, 0.5) is 6.01 Å². The van der Waals surface area contributed by atoms with Crippen LogP contribution in [0.25, 0.3) is 11.5 Å². The Kier molecular flexibility index (Phi) is 9.08. The molecule has 12 heteroatoms. The fraction of sp³-hybridized carbons (Fsp3) is 0.444. The molecule has 210 valence electrons. The molecule has 4 rings (SSSR count). The predicted octanol–water partition coefficient (Wildman–Crippen LogP) is 4.61. The number of hydrogen-bond acceptors (Lipinski definition) is 9. The Labute approximate surface area is 228 Å². The van der Waals surface area contributed by atoms with Crippen molar-refractivity contribution in [1.82, 2.24) is 14.5 Å². The minimum Gasteiger partial charge on any atom is -0.490 e. The maximum atomic E-state index is 13.0. The topological polar surface area (TPSA) is 133 Å². The summed E-state index contributed by atoms with van der Waals surface area (Å²) < 4.78 is 50.4. The second-order valence-electron chi connectivity index (χ2n) is 9.10. The van der Waals surface area contributed by atoms with Crippen molar-refractivity contribution in [3.8, 4) is 28.7 Å². The first-order valence-electron chi connectivity index (χ1n) is 13.1. The number of sulfonamides is 1. The number of rotatable bonds is 11. The van der Waals surface area contributed by atoms with Gasteiger partial charge in [-0.25, -0.2) is 8.42 Å². The highest BCUT2D eigenvalue weighted by Gasteiger charge is 2.29. The zero-order chi connectivity index (χ0) is 28.0. The van der Waals surface area contributed by atoms with Crippen LogP contribution in [-0.2, 0) is 10.0 Å².